The number of aryl methyl sites for hydroxylation is 3. The van der Waals surface area contributed by atoms with E-state index in [0.717, 1.165) is 48.1 Å². The SMILES string of the molecule is CCCc1nc2sc3c(c2c(=O)n1Cc1cc(=O)c(OCC(C)C)c[nH]1)CCCC3. The molecule has 0 aromatic carbocycles. The van der Waals surface area contributed by atoms with E-state index >= 15 is 0 Å². The molecule has 1 aliphatic rings. The van der Waals surface area contributed by atoms with Crippen LogP contribution in [0.15, 0.2) is 21.9 Å². The van der Waals surface area contributed by atoms with Crippen LogP contribution in [-0.4, -0.2) is 21.1 Å². The lowest BCUT2D eigenvalue weighted by molar-refractivity contribution is 0.267. The van der Waals surface area contributed by atoms with Gasteiger partial charge in [0, 0.05) is 29.3 Å². The highest BCUT2D eigenvalue weighted by atomic mass is 32.1. The van der Waals surface area contributed by atoms with Crippen LogP contribution < -0.4 is 15.7 Å². The summed E-state index contributed by atoms with van der Waals surface area (Å²) in [5.41, 5.74) is 1.73. The third kappa shape index (κ3) is 4.08. The van der Waals surface area contributed by atoms with E-state index in [9.17, 15) is 9.59 Å². The van der Waals surface area contributed by atoms with Gasteiger partial charge >= 0.3 is 0 Å². The molecule has 0 saturated carbocycles. The molecule has 0 aliphatic heterocycles. The minimum atomic E-state index is -0.170. The summed E-state index contributed by atoms with van der Waals surface area (Å²) < 4.78 is 7.32. The maximum absolute atomic E-state index is 13.5. The fourth-order valence-electron chi connectivity index (χ4n) is 3.99. The molecule has 3 aromatic heterocycles. The smallest absolute Gasteiger partial charge is 0.262 e. The van der Waals surface area contributed by atoms with Crippen molar-refractivity contribution in [1.29, 1.82) is 0 Å². The Labute approximate surface area is 179 Å². The Balaban J connectivity index is 1.73. The standard InChI is InChI=1S/C23H29N3O3S/c1-4-7-20-25-22-21(16-8-5-6-9-19(16)30-22)23(28)26(20)12-15-10-17(27)18(11-24-15)29-13-14(2)3/h10-11,14H,4-9,12-13H2,1-3H3,(H,24,27). The molecule has 3 aromatic rings. The van der Waals surface area contributed by atoms with E-state index in [1.807, 2.05) is 13.8 Å². The molecule has 3 heterocycles. The maximum atomic E-state index is 13.5. The average molecular weight is 428 g/mol. The lowest BCUT2D eigenvalue weighted by Crippen LogP contribution is -2.27. The number of aromatic amines is 1. The highest BCUT2D eigenvalue weighted by molar-refractivity contribution is 7.18. The lowest BCUT2D eigenvalue weighted by Gasteiger charge is -2.14. The van der Waals surface area contributed by atoms with Gasteiger partial charge < -0.3 is 9.72 Å². The van der Waals surface area contributed by atoms with Crippen molar-refractivity contribution in [3.8, 4) is 5.75 Å². The summed E-state index contributed by atoms with van der Waals surface area (Å²) in [6.45, 7) is 6.96. The number of ether oxygens (including phenoxy) is 1. The zero-order valence-corrected chi connectivity index (χ0v) is 18.7. The number of fused-ring (bicyclic) bond motifs is 3. The van der Waals surface area contributed by atoms with E-state index in [4.69, 9.17) is 9.72 Å². The molecule has 0 radical (unpaired) electrons. The summed E-state index contributed by atoms with van der Waals surface area (Å²) in [6, 6.07) is 1.53. The number of hydrogen-bond donors (Lipinski definition) is 1. The molecule has 0 saturated heterocycles. The van der Waals surface area contributed by atoms with Crippen molar-refractivity contribution in [2.45, 2.75) is 65.8 Å². The molecule has 7 heteroatoms. The molecule has 0 fully saturated rings. The molecule has 0 atom stereocenters. The lowest BCUT2D eigenvalue weighted by atomic mass is 9.97. The van der Waals surface area contributed by atoms with Gasteiger partial charge in [0.25, 0.3) is 5.56 Å². The minimum absolute atomic E-state index is 0.0174. The van der Waals surface area contributed by atoms with Crippen molar-refractivity contribution in [2.24, 2.45) is 5.92 Å². The summed E-state index contributed by atoms with van der Waals surface area (Å²) >= 11 is 1.68. The quantitative estimate of drug-likeness (QED) is 0.617. The Kier molecular flexibility index (Phi) is 6.09. The van der Waals surface area contributed by atoms with Gasteiger partial charge in [-0.15, -0.1) is 11.3 Å². The van der Waals surface area contributed by atoms with E-state index in [1.54, 1.807) is 22.1 Å². The molecule has 0 amide bonds. The first-order chi connectivity index (χ1) is 14.5. The number of nitrogens with zero attached hydrogens (tertiary/aromatic N) is 2. The normalized spacial score (nSPS) is 13.7. The second-order valence-electron chi connectivity index (χ2n) is 8.45. The van der Waals surface area contributed by atoms with Crippen LogP contribution in [0.3, 0.4) is 0 Å². The average Bonchev–Trinajstić information content (AvgIpc) is 3.08. The van der Waals surface area contributed by atoms with Crippen LogP contribution in [0.25, 0.3) is 10.2 Å². The van der Waals surface area contributed by atoms with Crippen molar-refractivity contribution >= 4 is 21.6 Å². The number of thiophene rings is 1. The Bertz CT molecular complexity index is 1170. The Morgan fingerprint density at radius 2 is 2.07 bits per heavy atom. The van der Waals surface area contributed by atoms with Crippen molar-refractivity contribution in [3.63, 3.8) is 0 Å². The van der Waals surface area contributed by atoms with Gasteiger partial charge in [0.15, 0.2) is 5.75 Å². The van der Waals surface area contributed by atoms with Gasteiger partial charge in [0.1, 0.15) is 10.7 Å². The summed E-state index contributed by atoms with van der Waals surface area (Å²) in [6.07, 6.45) is 7.54. The van der Waals surface area contributed by atoms with Gasteiger partial charge in [-0.2, -0.15) is 0 Å². The fourth-order valence-corrected chi connectivity index (χ4v) is 5.26. The van der Waals surface area contributed by atoms with Crippen LogP contribution >= 0.6 is 11.3 Å². The monoisotopic (exact) mass is 427 g/mol. The molecule has 1 N–H and O–H groups in total. The molecule has 160 valence electrons. The van der Waals surface area contributed by atoms with Crippen LogP contribution in [-0.2, 0) is 25.8 Å². The summed E-state index contributed by atoms with van der Waals surface area (Å²) in [4.78, 5) is 36.2. The van der Waals surface area contributed by atoms with Crippen LogP contribution in [0.2, 0.25) is 0 Å². The molecular formula is C23H29N3O3S. The van der Waals surface area contributed by atoms with E-state index in [0.29, 0.717) is 30.5 Å². The van der Waals surface area contributed by atoms with Crippen LogP contribution in [0.5, 0.6) is 5.75 Å². The van der Waals surface area contributed by atoms with Crippen LogP contribution in [0.4, 0.5) is 0 Å². The topological polar surface area (TPSA) is 77.0 Å². The predicted octanol–water partition coefficient (Wildman–Crippen LogP) is 4.06. The molecule has 1 aliphatic carbocycles. The van der Waals surface area contributed by atoms with Gasteiger partial charge in [-0.25, -0.2) is 4.98 Å². The fraction of sp³-hybridized carbons (Fsp3) is 0.522. The second-order valence-corrected chi connectivity index (χ2v) is 9.54. The number of H-pyrrole nitrogens is 1. The first-order valence-electron chi connectivity index (χ1n) is 10.9. The van der Waals surface area contributed by atoms with Crippen LogP contribution in [0.1, 0.15) is 62.0 Å². The highest BCUT2D eigenvalue weighted by Gasteiger charge is 2.22. The van der Waals surface area contributed by atoms with E-state index in [1.165, 1.54) is 22.9 Å². The van der Waals surface area contributed by atoms with Gasteiger partial charge in [0.2, 0.25) is 5.43 Å². The zero-order valence-electron chi connectivity index (χ0n) is 17.9. The summed E-state index contributed by atoms with van der Waals surface area (Å²) in [5, 5.41) is 0.786. The zero-order chi connectivity index (χ0) is 21.3. The Hall–Kier alpha value is -2.41. The van der Waals surface area contributed by atoms with E-state index in [-0.39, 0.29) is 11.0 Å². The third-order valence-corrected chi connectivity index (χ3v) is 6.65. The largest absolute Gasteiger partial charge is 0.488 e. The Morgan fingerprint density at radius 3 is 2.80 bits per heavy atom. The van der Waals surface area contributed by atoms with Gasteiger partial charge in [-0.1, -0.05) is 20.8 Å². The Morgan fingerprint density at radius 1 is 1.27 bits per heavy atom. The van der Waals surface area contributed by atoms with Crippen molar-refractivity contribution < 1.29 is 4.74 Å². The molecule has 0 spiro atoms. The molecular weight excluding hydrogens is 398 g/mol. The molecule has 0 unspecified atom stereocenters. The van der Waals surface area contributed by atoms with Gasteiger partial charge in [0.05, 0.1) is 18.5 Å². The molecule has 30 heavy (non-hydrogen) atoms. The number of hydrogen-bond acceptors (Lipinski definition) is 5. The highest BCUT2D eigenvalue weighted by Crippen LogP contribution is 2.33. The summed E-state index contributed by atoms with van der Waals surface area (Å²) in [7, 11) is 0. The first kappa shape index (κ1) is 20.8. The first-order valence-corrected chi connectivity index (χ1v) is 11.7. The third-order valence-electron chi connectivity index (χ3n) is 5.46. The van der Waals surface area contributed by atoms with Gasteiger partial charge in [-0.3, -0.25) is 14.2 Å². The second kappa shape index (κ2) is 8.76. The summed E-state index contributed by atoms with van der Waals surface area (Å²) in [5.74, 6) is 1.44. The number of nitrogens with one attached hydrogen (secondary N) is 1. The number of rotatable bonds is 7. The molecule has 4 rings (SSSR count). The molecule has 6 nitrogen and oxygen atoms in total. The number of pyridine rings is 1. The van der Waals surface area contributed by atoms with Crippen molar-refractivity contribution in [1.82, 2.24) is 14.5 Å². The van der Waals surface area contributed by atoms with E-state index in [2.05, 4.69) is 11.9 Å². The minimum Gasteiger partial charge on any atom is -0.488 e. The maximum Gasteiger partial charge on any atom is 0.262 e. The van der Waals surface area contributed by atoms with E-state index < -0.39 is 0 Å². The van der Waals surface area contributed by atoms with Crippen molar-refractivity contribution in [3.05, 3.63) is 54.8 Å². The van der Waals surface area contributed by atoms with Crippen molar-refractivity contribution in [2.75, 3.05) is 6.61 Å². The van der Waals surface area contributed by atoms with Crippen LogP contribution in [0, 0.1) is 5.92 Å². The van der Waals surface area contributed by atoms with Gasteiger partial charge in [-0.05, 0) is 43.6 Å². The molecule has 0 bridgehead atoms. The number of aromatic nitrogens is 3. The predicted molar refractivity (Wildman–Crippen MR) is 121 cm³/mol.